The van der Waals surface area contributed by atoms with Crippen LogP contribution in [0.25, 0.3) is 22.3 Å². The maximum atomic E-state index is 14.5. The van der Waals surface area contributed by atoms with E-state index in [1.54, 1.807) is 12.1 Å². The number of anilines is 6. The Hall–Kier alpha value is -5.84. The lowest BCUT2D eigenvalue weighted by atomic mass is 9.32. The Labute approximate surface area is 344 Å². The average Bonchev–Trinajstić information content (AvgIpc) is 3.19. The highest BCUT2D eigenvalue weighted by atomic mass is 32.2. The van der Waals surface area contributed by atoms with Crippen LogP contribution in [0.1, 0.15) is 52.7 Å². The molecule has 0 unspecified atom stereocenters. The molecular weight excluding hydrogens is 740 g/mol. The molecule has 286 valence electrons. The van der Waals surface area contributed by atoms with Crippen LogP contribution < -0.4 is 26.2 Å². The molecule has 2 aliphatic heterocycles. The Morgan fingerprint density at radius 1 is 0.500 bits per heavy atom. The van der Waals surface area contributed by atoms with E-state index in [2.05, 4.69) is 179 Å². The Morgan fingerprint density at radius 2 is 1.03 bits per heavy atom. The first-order valence-corrected chi connectivity index (χ1v) is 20.4. The summed E-state index contributed by atoms with van der Waals surface area (Å²) in [7, 11) is 0. The Balaban J connectivity index is 1.43. The van der Waals surface area contributed by atoms with Gasteiger partial charge in [0.05, 0.1) is 5.69 Å². The predicted molar refractivity (Wildman–Crippen MR) is 238 cm³/mol. The summed E-state index contributed by atoms with van der Waals surface area (Å²) in [4.78, 5) is 4.40. The van der Waals surface area contributed by atoms with Gasteiger partial charge in [0.1, 0.15) is 0 Å². The molecule has 7 heteroatoms. The Bertz CT molecular complexity index is 2470. The second kappa shape index (κ2) is 13.9. The minimum Gasteiger partial charge on any atom is -0.311 e. The lowest BCUT2D eigenvalue weighted by Crippen LogP contribution is -2.62. The van der Waals surface area contributed by atoms with E-state index in [9.17, 15) is 13.2 Å². The molecule has 0 aromatic heterocycles. The largest absolute Gasteiger partial charge is 0.446 e. The molecule has 0 N–H and O–H groups in total. The second-order valence-corrected chi connectivity index (χ2v) is 18.3. The maximum absolute atomic E-state index is 14.5. The first-order valence-electron chi connectivity index (χ1n) is 19.6. The summed E-state index contributed by atoms with van der Waals surface area (Å²) in [5.41, 5.74) is 9.60. The first kappa shape index (κ1) is 37.7. The maximum Gasteiger partial charge on any atom is 0.446 e. The number of halogens is 3. The van der Waals surface area contributed by atoms with E-state index in [-0.39, 0.29) is 34.2 Å². The van der Waals surface area contributed by atoms with Crippen molar-refractivity contribution < 1.29 is 13.2 Å². The molecule has 2 nitrogen and oxygen atoms in total. The summed E-state index contributed by atoms with van der Waals surface area (Å²) in [5.74, 6) is 0. The normalized spacial score (nSPS) is 13.4. The molecule has 0 spiro atoms. The van der Waals surface area contributed by atoms with Crippen molar-refractivity contribution in [2.24, 2.45) is 0 Å². The summed E-state index contributed by atoms with van der Waals surface area (Å²) >= 11 is -0.0742. The lowest BCUT2D eigenvalue weighted by Gasteiger charge is -2.45. The molecule has 0 radical (unpaired) electrons. The van der Waals surface area contributed by atoms with Crippen molar-refractivity contribution >= 4 is 69.0 Å². The van der Waals surface area contributed by atoms with E-state index >= 15 is 0 Å². The van der Waals surface area contributed by atoms with Crippen molar-refractivity contribution in [1.29, 1.82) is 0 Å². The van der Waals surface area contributed by atoms with Gasteiger partial charge in [-0.15, -0.1) is 0 Å². The topological polar surface area (TPSA) is 6.48 Å². The van der Waals surface area contributed by atoms with Crippen LogP contribution in [-0.4, -0.2) is 12.2 Å². The third kappa shape index (κ3) is 6.64. The van der Waals surface area contributed by atoms with Gasteiger partial charge in [-0.3, -0.25) is 0 Å². The van der Waals surface area contributed by atoms with Gasteiger partial charge in [0.2, 0.25) is 0 Å². The standard InChI is InChI=1S/C51H42BF3N2S/c1-49(2,3)35-23-27-37(28-24-35)56-42-21-13-19-40(33-15-9-7-10-16-33)46(42)52-47-41(34-17-11-8-12-18-34)20-14-22-43(47)57(38-29-25-36(26-30-38)50(4,5)6)45-32-39(58-51(53,54)55)31-44(56)48(45)52/h7-25,27-29,31-32H,1-6H3. The number of fused-ring (bicyclic) bond motifs is 4. The van der Waals surface area contributed by atoms with Crippen molar-refractivity contribution in [3.8, 4) is 22.3 Å². The highest BCUT2D eigenvalue weighted by Crippen LogP contribution is 2.49. The van der Waals surface area contributed by atoms with Gasteiger partial charge in [0.25, 0.3) is 6.71 Å². The Morgan fingerprint density at radius 3 is 1.52 bits per heavy atom. The third-order valence-corrected chi connectivity index (χ3v) is 12.0. The molecule has 58 heavy (non-hydrogen) atoms. The number of alkyl halides is 3. The summed E-state index contributed by atoms with van der Waals surface area (Å²) in [5, 5.41) is 0. The predicted octanol–water partition coefficient (Wildman–Crippen LogP) is 12.9. The molecule has 0 atom stereocenters. The number of hydrogen-bond acceptors (Lipinski definition) is 3. The minimum absolute atomic E-state index is 0.0742. The van der Waals surface area contributed by atoms with Crippen LogP contribution in [0.2, 0.25) is 0 Å². The molecule has 0 saturated heterocycles. The molecule has 0 fully saturated rings. The van der Waals surface area contributed by atoms with Crippen LogP contribution in [0.3, 0.4) is 0 Å². The van der Waals surface area contributed by atoms with E-state index in [0.717, 1.165) is 61.3 Å². The van der Waals surface area contributed by atoms with E-state index < -0.39 is 5.51 Å². The third-order valence-electron chi connectivity index (χ3n) is 11.3. The van der Waals surface area contributed by atoms with Gasteiger partial charge in [-0.1, -0.05) is 145 Å². The lowest BCUT2D eigenvalue weighted by molar-refractivity contribution is -0.0328. The molecule has 0 saturated carbocycles. The summed E-state index contributed by atoms with van der Waals surface area (Å²) in [6.07, 6.45) is 0. The molecule has 9 rings (SSSR count). The van der Waals surface area contributed by atoms with Gasteiger partial charge >= 0.3 is 5.51 Å². The fourth-order valence-electron chi connectivity index (χ4n) is 8.58. The fraction of sp³-hybridized carbons (Fsp3) is 0.176. The van der Waals surface area contributed by atoms with Gasteiger partial charge in [0, 0.05) is 38.9 Å². The SMILES string of the molecule is CC(C)(C)c1c#cc(N2c3cccc(-c4ccccc4)c3B3c4c(-c5ccccc5)cccc4N(c4ccc(C(C)(C)C)cc4)c4cc(SC(F)(F)F)cc2c43)cc1. The van der Waals surface area contributed by atoms with Crippen LogP contribution in [0.15, 0.2) is 150 Å². The quantitative estimate of drug-likeness (QED) is 0.127. The molecule has 2 heterocycles. The zero-order valence-electron chi connectivity index (χ0n) is 33.4. The van der Waals surface area contributed by atoms with Gasteiger partial charge in [-0.2, -0.15) is 13.2 Å². The molecule has 0 bridgehead atoms. The van der Waals surface area contributed by atoms with Crippen molar-refractivity contribution in [3.63, 3.8) is 0 Å². The number of benzene rings is 6. The zero-order chi connectivity index (χ0) is 40.6. The van der Waals surface area contributed by atoms with Crippen molar-refractivity contribution in [2.45, 2.75) is 62.8 Å². The Kier molecular flexibility index (Phi) is 9.06. The van der Waals surface area contributed by atoms with E-state index in [0.29, 0.717) is 17.1 Å². The number of rotatable bonds is 5. The highest BCUT2D eigenvalue weighted by molar-refractivity contribution is 8.00. The molecule has 7 aromatic rings. The zero-order valence-corrected chi connectivity index (χ0v) is 34.2. The summed E-state index contributed by atoms with van der Waals surface area (Å²) in [6, 6.07) is 56.4. The summed E-state index contributed by atoms with van der Waals surface area (Å²) < 4.78 is 43.6. The second-order valence-electron chi connectivity index (χ2n) is 17.2. The minimum atomic E-state index is -4.50. The van der Waals surface area contributed by atoms with Crippen LogP contribution in [0.5, 0.6) is 0 Å². The van der Waals surface area contributed by atoms with E-state index in [1.165, 1.54) is 5.56 Å². The van der Waals surface area contributed by atoms with Gasteiger partial charge in [-0.25, -0.2) is 0 Å². The van der Waals surface area contributed by atoms with Gasteiger partial charge in [-0.05, 0) is 121 Å². The molecular formula is C51H42BF3N2S. The molecule has 0 aliphatic carbocycles. The molecule has 2 aliphatic rings. The number of thioether (sulfide) groups is 1. The van der Waals surface area contributed by atoms with Crippen molar-refractivity contribution in [2.75, 3.05) is 9.80 Å². The van der Waals surface area contributed by atoms with Gasteiger partial charge < -0.3 is 9.80 Å². The average molecular weight is 783 g/mol. The smallest absolute Gasteiger partial charge is 0.311 e. The van der Waals surface area contributed by atoms with Crippen LogP contribution in [0, 0.1) is 12.1 Å². The van der Waals surface area contributed by atoms with Crippen LogP contribution in [-0.2, 0) is 10.8 Å². The molecule has 7 aromatic carbocycles. The number of nitrogens with zero attached hydrogens (tertiary/aromatic N) is 2. The fourth-order valence-corrected chi connectivity index (χ4v) is 9.19. The van der Waals surface area contributed by atoms with E-state index in [4.69, 9.17) is 0 Å². The highest BCUT2D eigenvalue weighted by Gasteiger charge is 2.46. The molecule has 0 amide bonds. The van der Waals surface area contributed by atoms with Crippen LogP contribution >= 0.6 is 11.8 Å². The van der Waals surface area contributed by atoms with Crippen molar-refractivity contribution in [1.82, 2.24) is 0 Å². The van der Waals surface area contributed by atoms with Crippen molar-refractivity contribution in [3.05, 3.63) is 169 Å². The monoisotopic (exact) mass is 782 g/mol. The number of hydrogen-bond donors (Lipinski definition) is 0. The van der Waals surface area contributed by atoms with Gasteiger partial charge in [0.15, 0.2) is 0 Å². The van der Waals surface area contributed by atoms with Crippen LogP contribution in [0.4, 0.5) is 47.3 Å². The summed E-state index contributed by atoms with van der Waals surface area (Å²) in [6.45, 7) is 12.6. The first-order chi connectivity index (χ1) is 27.7. The van der Waals surface area contributed by atoms with E-state index in [1.807, 2.05) is 18.2 Å².